The van der Waals surface area contributed by atoms with E-state index >= 15 is 0 Å². The van der Waals surface area contributed by atoms with Gasteiger partial charge in [-0.15, -0.1) is 0 Å². The molecule has 106 valence electrons. The van der Waals surface area contributed by atoms with Crippen molar-refractivity contribution in [2.24, 2.45) is 11.7 Å². The second-order valence-electron chi connectivity index (χ2n) is 6.03. The molecule has 0 bridgehead atoms. The zero-order valence-electron chi connectivity index (χ0n) is 12.7. The molecule has 1 unspecified atom stereocenters. The zero-order chi connectivity index (χ0) is 13.8. The fourth-order valence-corrected chi connectivity index (χ4v) is 2.76. The van der Waals surface area contributed by atoms with Gasteiger partial charge in [0.1, 0.15) is 0 Å². The van der Waals surface area contributed by atoms with Crippen molar-refractivity contribution in [3.8, 4) is 0 Å². The third kappa shape index (κ3) is 3.80. The fraction of sp³-hybridized carbons (Fsp3) is 0.647. The van der Waals surface area contributed by atoms with Crippen LogP contribution in [0.1, 0.15) is 48.9 Å². The quantitative estimate of drug-likeness (QED) is 0.814. The molecule has 2 nitrogen and oxygen atoms in total. The minimum atomic E-state index is 0.389. The van der Waals surface area contributed by atoms with Gasteiger partial charge >= 0.3 is 0 Å². The Labute approximate surface area is 118 Å². The van der Waals surface area contributed by atoms with Crippen molar-refractivity contribution in [3.05, 3.63) is 34.9 Å². The minimum Gasteiger partial charge on any atom is -0.329 e. The lowest BCUT2D eigenvalue weighted by Gasteiger charge is -2.31. The summed E-state index contributed by atoms with van der Waals surface area (Å²) in [5.41, 5.74) is 10.2. The summed E-state index contributed by atoms with van der Waals surface area (Å²) in [7, 11) is 0. The highest BCUT2D eigenvalue weighted by Gasteiger charge is 2.27. The predicted octanol–water partition coefficient (Wildman–Crippen LogP) is 3.43. The average Bonchev–Trinajstić information content (AvgIpc) is 3.19. The van der Waals surface area contributed by atoms with Crippen LogP contribution < -0.4 is 5.73 Å². The summed E-state index contributed by atoms with van der Waals surface area (Å²) in [5, 5.41) is 0. The van der Waals surface area contributed by atoms with Crippen molar-refractivity contribution in [2.75, 3.05) is 19.6 Å². The number of nitrogens with zero attached hydrogens (tertiary/aromatic N) is 1. The molecular formula is C17H28N2. The molecule has 0 aromatic heterocycles. The van der Waals surface area contributed by atoms with Crippen LogP contribution in [0.3, 0.4) is 0 Å². The van der Waals surface area contributed by atoms with E-state index in [9.17, 15) is 0 Å². The van der Waals surface area contributed by atoms with E-state index in [2.05, 4.69) is 43.9 Å². The van der Waals surface area contributed by atoms with E-state index in [4.69, 9.17) is 5.73 Å². The number of hydrogen-bond acceptors (Lipinski definition) is 2. The molecular weight excluding hydrogens is 232 g/mol. The van der Waals surface area contributed by atoms with Gasteiger partial charge in [-0.2, -0.15) is 0 Å². The Hall–Kier alpha value is -0.860. The molecule has 0 heterocycles. The first-order valence-electron chi connectivity index (χ1n) is 7.67. The van der Waals surface area contributed by atoms with Crippen LogP contribution in [0.25, 0.3) is 0 Å². The van der Waals surface area contributed by atoms with Crippen LogP contribution in [0.4, 0.5) is 0 Å². The molecule has 1 fully saturated rings. The van der Waals surface area contributed by atoms with Crippen molar-refractivity contribution >= 4 is 0 Å². The molecule has 1 atom stereocenters. The maximum atomic E-state index is 6.08. The highest BCUT2D eigenvalue weighted by atomic mass is 15.2. The van der Waals surface area contributed by atoms with E-state index in [0.29, 0.717) is 6.04 Å². The Morgan fingerprint density at radius 3 is 2.53 bits per heavy atom. The second kappa shape index (κ2) is 6.53. The van der Waals surface area contributed by atoms with Crippen molar-refractivity contribution in [2.45, 2.75) is 46.1 Å². The normalized spacial score (nSPS) is 16.9. The molecule has 1 saturated carbocycles. The summed E-state index contributed by atoms with van der Waals surface area (Å²) in [4.78, 5) is 2.60. The molecule has 2 heteroatoms. The van der Waals surface area contributed by atoms with Gasteiger partial charge in [0.15, 0.2) is 0 Å². The van der Waals surface area contributed by atoms with E-state index < -0.39 is 0 Å². The van der Waals surface area contributed by atoms with Gasteiger partial charge in [0.25, 0.3) is 0 Å². The predicted molar refractivity (Wildman–Crippen MR) is 82.3 cm³/mol. The van der Waals surface area contributed by atoms with Crippen molar-refractivity contribution in [3.63, 3.8) is 0 Å². The second-order valence-corrected chi connectivity index (χ2v) is 6.03. The van der Waals surface area contributed by atoms with E-state index in [0.717, 1.165) is 19.0 Å². The summed E-state index contributed by atoms with van der Waals surface area (Å²) in [6.45, 7) is 9.72. The number of benzene rings is 1. The molecule has 2 N–H and O–H groups in total. The monoisotopic (exact) mass is 260 g/mol. The molecule has 1 aromatic carbocycles. The number of hydrogen-bond donors (Lipinski definition) is 1. The molecule has 2 rings (SSSR count). The van der Waals surface area contributed by atoms with E-state index in [1.54, 1.807) is 0 Å². The Morgan fingerprint density at radius 1 is 1.26 bits per heavy atom. The van der Waals surface area contributed by atoms with Gasteiger partial charge in [0, 0.05) is 19.1 Å². The first-order chi connectivity index (χ1) is 9.15. The lowest BCUT2D eigenvalue weighted by atomic mass is 9.99. The molecule has 19 heavy (non-hydrogen) atoms. The van der Waals surface area contributed by atoms with E-state index in [-0.39, 0.29) is 0 Å². The summed E-state index contributed by atoms with van der Waals surface area (Å²) in [5.74, 6) is 0.923. The highest BCUT2D eigenvalue weighted by molar-refractivity contribution is 5.32. The summed E-state index contributed by atoms with van der Waals surface area (Å²) < 4.78 is 0. The van der Waals surface area contributed by atoms with Crippen LogP contribution in [-0.4, -0.2) is 24.5 Å². The first-order valence-corrected chi connectivity index (χ1v) is 7.67. The molecule has 0 amide bonds. The van der Waals surface area contributed by atoms with Crippen LogP contribution in [0.5, 0.6) is 0 Å². The molecule has 0 aliphatic heterocycles. The SMILES string of the molecule is CCCN(CC1CC1)C(CN)c1ccc(C)c(C)c1. The number of rotatable bonds is 7. The Bertz CT molecular complexity index is 410. The largest absolute Gasteiger partial charge is 0.329 e. The summed E-state index contributed by atoms with van der Waals surface area (Å²) >= 11 is 0. The van der Waals surface area contributed by atoms with Gasteiger partial charge in [-0.1, -0.05) is 25.1 Å². The maximum absolute atomic E-state index is 6.08. The summed E-state index contributed by atoms with van der Waals surface area (Å²) in [6.07, 6.45) is 4.02. The maximum Gasteiger partial charge on any atom is 0.0470 e. The number of nitrogens with two attached hydrogens (primary N) is 1. The Kier molecular flexibility index (Phi) is 5.00. The summed E-state index contributed by atoms with van der Waals surface area (Å²) in [6, 6.07) is 7.20. The lowest BCUT2D eigenvalue weighted by molar-refractivity contribution is 0.193. The molecule has 0 saturated heterocycles. The van der Waals surface area contributed by atoms with Crippen molar-refractivity contribution in [1.82, 2.24) is 4.90 Å². The minimum absolute atomic E-state index is 0.389. The third-order valence-electron chi connectivity index (χ3n) is 4.28. The fourth-order valence-electron chi connectivity index (χ4n) is 2.76. The molecule has 1 aromatic rings. The van der Waals surface area contributed by atoms with Gasteiger partial charge in [-0.05, 0) is 62.3 Å². The van der Waals surface area contributed by atoms with Crippen molar-refractivity contribution < 1.29 is 0 Å². The van der Waals surface area contributed by atoms with Crippen LogP contribution in [0, 0.1) is 19.8 Å². The van der Waals surface area contributed by atoms with E-state index in [1.165, 1.54) is 42.5 Å². The van der Waals surface area contributed by atoms with Gasteiger partial charge in [0.05, 0.1) is 0 Å². The third-order valence-corrected chi connectivity index (χ3v) is 4.28. The van der Waals surface area contributed by atoms with Gasteiger partial charge in [-0.25, -0.2) is 0 Å². The lowest BCUT2D eigenvalue weighted by Crippen LogP contribution is -2.36. The van der Waals surface area contributed by atoms with E-state index in [1.807, 2.05) is 0 Å². The Morgan fingerprint density at radius 2 is 2.00 bits per heavy atom. The average molecular weight is 260 g/mol. The smallest absolute Gasteiger partial charge is 0.0470 e. The zero-order valence-corrected chi connectivity index (χ0v) is 12.7. The van der Waals surface area contributed by atoms with Crippen LogP contribution in [0.2, 0.25) is 0 Å². The van der Waals surface area contributed by atoms with Crippen LogP contribution in [0.15, 0.2) is 18.2 Å². The van der Waals surface area contributed by atoms with Crippen LogP contribution in [-0.2, 0) is 0 Å². The van der Waals surface area contributed by atoms with Crippen molar-refractivity contribution in [1.29, 1.82) is 0 Å². The molecule has 0 spiro atoms. The molecule has 1 aliphatic rings. The highest BCUT2D eigenvalue weighted by Crippen LogP contribution is 2.33. The molecule has 1 aliphatic carbocycles. The standard InChI is InChI=1S/C17H28N2/c1-4-9-19(12-15-6-7-15)17(11-18)16-8-5-13(2)14(3)10-16/h5,8,10,15,17H,4,6-7,9,11-12,18H2,1-3H3. The van der Waals surface area contributed by atoms with Gasteiger partial charge in [0.2, 0.25) is 0 Å². The molecule has 0 radical (unpaired) electrons. The first kappa shape index (κ1) is 14.5. The van der Waals surface area contributed by atoms with Gasteiger partial charge in [-0.3, -0.25) is 4.90 Å². The topological polar surface area (TPSA) is 29.3 Å². The Balaban J connectivity index is 2.16. The number of aryl methyl sites for hydroxylation is 2. The van der Waals surface area contributed by atoms with Crippen LogP contribution >= 0.6 is 0 Å². The van der Waals surface area contributed by atoms with Gasteiger partial charge < -0.3 is 5.73 Å².